The highest BCUT2D eigenvalue weighted by molar-refractivity contribution is 6.32. The van der Waals surface area contributed by atoms with E-state index >= 15 is 0 Å². The van der Waals surface area contributed by atoms with Crippen LogP contribution in [0.3, 0.4) is 0 Å². The summed E-state index contributed by atoms with van der Waals surface area (Å²) in [6.45, 7) is 0. The molecule has 0 aliphatic heterocycles. The zero-order chi connectivity index (χ0) is 19.5. The zero-order valence-electron chi connectivity index (χ0n) is 14.6. The first-order valence-corrected chi connectivity index (χ1v) is 8.97. The molecular weight excluding hydrogens is 377 g/mol. The molecule has 4 aromatic rings. The molecular formula is C22H15ClFN3O. The van der Waals surface area contributed by atoms with Gasteiger partial charge in [-0.2, -0.15) is 5.10 Å². The van der Waals surface area contributed by atoms with Crippen molar-refractivity contribution in [2.75, 3.05) is 5.32 Å². The molecule has 1 heterocycles. The van der Waals surface area contributed by atoms with Crippen LogP contribution < -0.4 is 5.32 Å². The van der Waals surface area contributed by atoms with Crippen LogP contribution in [0.5, 0.6) is 0 Å². The van der Waals surface area contributed by atoms with Crippen molar-refractivity contribution in [3.05, 3.63) is 101 Å². The topological polar surface area (TPSA) is 46.9 Å². The van der Waals surface area contributed by atoms with Crippen LogP contribution in [0.1, 0.15) is 10.4 Å². The third kappa shape index (κ3) is 3.66. The minimum absolute atomic E-state index is 0.342. The van der Waals surface area contributed by atoms with Gasteiger partial charge in [0.15, 0.2) is 0 Å². The maximum atomic E-state index is 13.1. The van der Waals surface area contributed by atoms with Gasteiger partial charge in [-0.1, -0.05) is 54.1 Å². The van der Waals surface area contributed by atoms with Crippen LogP contribution >= 0.6 is 11.6 Å². The number of nitrogens with zero attached hydrogens (tertiary/aromatic N) is 2. The average molecular weight is 392 g/mol. The predicted octanol–water partition coefficient (Wildman–Crippen LogP) is 5.58. The second-order valence-corrected chi connectivity index (χ2v) is 6.51. The number of para-hydroxylation sites is 1. The molecule has 0 radical (unpaired) electrons. The molecule has 0 bridgehead atoms. The highest BCUT2D eigenvalue weighted by Crippen LogP contribution is 2.28. The molecule has 0 aliphatic carbocycles. The van der Waals surface area contributed by atoms with E-state index in [9.17, 15) is 9.18 Å². The van der Waals surface area contributed by atoms with Crippen molar-refractivity contribution in [2.45, 2.75) is 0 Å². The number of nitrogens with one attached hydrogen (secondary N) is 1. The quantitative estimate of drug-likeness (QED) is 0.493. The minimum Gasteiger partial charge on any atom is -0.306 e. The Morgan fingerprint density at radius 2 is 1.61 bits per heavy atom. The third-order valence-electron chi connectivity index (χ3n) is 4.21. The van der Waals surface area contributed by atoms with Crippen LogP contribution in [0.25, 0.3) is 16.9 Å². The lowest BCUT2D eigenvalue weighted by Gasteiger charge is -2.10. The standard InChI is InChI=1S/C22H15ClFN3O/c23-18-8-4-5-9-20(18)27-21(14-19(26-27)15-6-2-1-3-7-15)25-22(28)16-10-12-17(24)13-11-16/h1-14H,(H,25,28). The van der Waals surface area contributed by atoms with E-state index in [4.69, 9.17) is 11.6 Å². The van der Waals surface area contributed by atoms with E-state index < -0.39 is 5.82 Å². The van der Waals surface area contributed by atoms with E-state index in [1.54, 1.807) is 16.8 Å². The molecule has 1 N–H and O–H groups in total. The van der Waals surface area contributed by atoms with Gasteiger partial charge in [0.05, 0.1) is 16.4 Å². The Kier molecular flexibility index (Phi) is 4.91. The summed E-state index contributed by atoms with van der Waals surface area (Å²) in [6, 6.07) is 24.0. The summed E-state index contributed by atoms with van der Waals surface area (Å²) in [5.41, 5.74) is 2.58. The van der Waals surface area contributed by atoms with Crippen molar-refractivity contribution in [3.8, 4) is 16.9 Å². The SMILES string of the molecule is O=C(Nc1cc(-c2ccccc2)nn1-c1ccccc1Cl)c1ccc(F)cc1. The smallest absolute Gasteiger partial charge is 0.256 e. The van der Waals surface area contributed by atoms with Gasteiger partial charge >= 0.3 is 0 Å². The minimum atomic E-state index is -0.399. The summed E-state index contributed by atoms with van der Waals surface area (Å²) in [5.74, 6) is -0.307. The highest BCUT2D eigenvalue weighted by atomic mass is 35.5. The monoisotopic (exact) mass is 391 g/mol. The fraction of sp³-hybridized carbons (Fsp3) is 0. The fourth-order valence-corrected chi connectivity index (χ4v) is 3.03. The average Bonchev–Trinajstić information content (AvgIpc) is 3.13. The number of carbonyl (C=O) groups excluding carboxylic acids is 1. The Labute approximate surface area is 166 Å². The number of rotatable bonds is 4. The highest BCUT2D eigenvalue weighted by Gasteiger charge is 2.16. The van der Waals surface area contributed by atoms with Crippen molar-refractivity contribution < 1.29 is 9.18 Å². The Morgan fingerprint density at radius 3 is 2.32 bits per heavy atom. The number of hydrogen-bond acceptors (Lipinski definition) is 2. The molecule has 0 spiro atoms. The Morgan fingerprint density at radius 1 is 0.929 bits per heavy atom. The first-order valence-electron chi connectivity index (χ1n) is 8.59. The van der Waals surface area contributed by atoms with Gasteiger partial charge in [0.1, 0.15) is 11.6 Å². The van der Waals surface area contributed by atoms with Crippen molar-refractivity contribution in [2.24, 2.45) is 0 Å². The molecule has 138 valence electrons. The molecule has 0 saturated carbocycles. The molecule has 0 unspecified atom stereocenters. The predicted molar refractivity (Wildman–Crippen MR) is 108 cm³/mol. The molecule has 4 nitrogen and oxygen atoms in total. The Bertz CT molecular complexity index is 1120. The second-order valence-electron chi connectivity index (χ2n) is 6.11. The summed E-state index contributed by atoms with van der Waals surface area (Å²) in [7, 11) is 0. The molecule has 0 atom stereocenters. The molecule has 0 saturated heterocycles. The van der Waals surface area contributed by atoms with Gasteiger partial charge in [-0.3, -0.25) is 4.79 Å². The van der Waals surface area contributed by atoms with Crippen molar-refractivity contribution in [3.63, 3.8) is 0 Å². The second kappa shape index (κ2) is 7.66. The van der Waals surface area contributed by atoms with E-state index in [0.29, 0.717) is 27.8 Å². The van der Waals surface area contributed by atoms with Crippen LogP contribution in [0.4, 0.5) is 10.2 Å². The molecule has 1 amide bonds. The first-order chi connectivity index (χ1) is 13.6. The first kappa shape index (κ1) is 17.9. The number of amides is 1. The van der Waals surface area contributed by atoms with Gasteiger partial charge in [0, 0.05) is 17.2 Å². The lowest BCUT2D eigenvalue weighted by atomic mass is 10.1. The van der Waals surface area contributed by atoms with E-state index in [1.807, 2.05) is 48.5 Å². The molecule has 3 aromatic carbocycles. The molecule has 4 rings (SSSR count). The normalized spacial score (nSPS) is 10.6. The number of halogens is 2. The van der Waals surface area contributed by atoms with Gasteiger partial charge in [-0.15, -0.1) is 0 Å². The maximum absolute atomic E-state index is 13.1. The molecule has 0 fully saturated rings. The lowest BCUT2D eigenvalue weighted by molar-refractivity contribution is 0.102. The number of benzene rings is 3. The van der Waals surface area contributed by atoms with Gasteiger partial charge < -0.3 is 5.32 Å². The Balaban J connectivity index is 1.76. The molecule has 6 heteroatoms. The number of aromatic nitrogens is 2. The van der Waals surface area contributed by atoms with Gasteiger partial charge in [-0.25, -0.2) is 9.07 Å². The van der Waals surface area contributed by atoms with Gasteiger partial charge in [0.25, 0.3) is 5.91 Å². The molecule has 28 heavy (non-hydrogen) atoms. The fourth-order valence-electron chi connectivity index (χ4n) is 2.82. The van der Waals surface area contributed by atoms with Crippen LogP contribution in [0, 0.1) is 5.82 Å². The lowest BCUT2D eigenvalue weighted by Crippen LogP contribution is -2.15. The van der Waals surface area contributed by atoms with Crippen LogP contribution in [-0.2, 0) is 0 Å². The number of anilines is 1. The summed E-state index contributed by atoms with van der Waals surface area (Å²) in [4.78, 5) is 12.6. The molecule has 1 aromatic heterocycles. The van der Waals surface area contributed by atoms with Crippen molar-refractivity contribution in [1.82, 2.24) is 9.78 Å². The number of carbonyl (C=O) groups is 1. The molecule has 0 aliphatic rings. The Hall–Kier alpha value is -3.44. The summed E-state index contributed by atoms with van der Waals surface area (Å²) < 4.78 is 14.7. The van der Waals surface area contributed by atoms with Crippen LogP contribution in [-0.4, -0.2) is 15.7 Å². The van der Waals surface area contributed by atoms with E-state index in [-0.39, 0.29) is 5.91 Å². The van der Waals surface area contributed by atoms with Gasteiger partial charge in [0.2, 0.25) is 0 Å². The number of hydrogen-bond donors (Lipinski definition) is 1. The maximum Gasteiger partial charge on any atom is 0.256 e. The summed E-state index contributed by atoms with van der Waals surface area (Å²) in [6.07, 6.45) is 0. The van der Waals surface area contributed by atoms with Gasteiger partial charge in [-0.05, 0) is 36.4 Å². The van der Waals surface area contributed by atoms with Crippen molar-refractivity contribution in [1.29, 1.82) is 0 Å². The van der Waals surface area contributed by atoms with Crippen LogP contribution in [0.15, 0.2) is 84.9 Å². The third-order valence-corrected chi connectivity index (χ3v) is 4.53. The van der Waals surface area contributed by atoms with Crippen LogP contribution in [0.2, 0.25) is 5.02 Å². The van der Waals surface area contributed by atoms with E-state index in [0.717, 1.165) is 5.56 Å². The summed E-state index contributed by atoms with van der Waals surface area (Å²) in [5, 5.41) is 7.97. The van der Waals surface area contributed by atoms with E-state index in [2.05, 4.69) is 10.4 Å². The van der Waals surface area contributed by atoms with E-state index in [1.165, 1.54) is 24.3 Å². The van der Waals surface area contributed by atoms with Crippen molar-refractivity contribution >= 4 is 23.3 Å². The zero-order valence-corrected chi connectivity index (χ0v) is 15.4. The summed E-state index contributed by atoms with van der Waals surface area (Å²) >= 11 is 6.34. The largest absolute Gasteiger partial charge is 0.306 e.